The molecule has 0 aromatic heterocycles. The summed E-state index contributed by atoms with van der Waals surface area (Å²) in [4.78, 5) is 13.7. The molecule has 6 nitrogen and oxygen atoms in total. The van der Waals surface area contributed by atoms with Gasteiger partial charge in [0.2, 0.25) is 11.9 Å². The van der Waals surface area contributed by atoms with Gasteiger partial charge in [-0.2, -0.15) is 10.1 Å². The average molecular weight is 342 g/mol. The normalized spacial score (nSPS) is 17.5. The predicted molar refractivity (Wildman–Crippen MR) is 90.6 cm³/mol. The molecule has 118 valence electrons. The van der Waals surface area contributed by atoms with Crippen molar-refractivity contribution in [2.45, 2.75) is 19.5 Å². The van der Waals surface area contributed by atoms with Crippen LogP contribution in [0.2, 0.25) is 10.0 Å². The second kappa shape index (κ2) is 6.56. The highest BCUT2D eigenvalue weighted by Gasteiger charge is 2.32. The summed E-state index contributed by atoms with van der Waals surface area (Å²) >= 11 is 11.8. The lowest BCUT2D eigenvalue weighted by atomic mass is 10.2. The Morgan fingerprint density at radius 2 is 2.00 bits per heavy atom. The van der Waals surface area contributed by atoms with E-state index < -0.39 is 5.66 Å². The quantitative estimate of drug-likeness (QED) is 0.880. The summed E-state index contributed by atoms with van der Waals surface area (Å²) < 4.78 is 0. The van der Waals surface area contributed by atoms with Gasteiger partial charge >= 0.3 is 0 Å². The molecule has 0 atom stereocenters. The molecule has 0 radical (unpaired) electrons. The van der Waals surface area contributed by atoms with E-state index in [2.05, 4.69) is 9.98 Å². The number of hydroxylamine groups is 2. The van der Waals surface area contributed by atoms with Crippen LogP contribution in [-0.4, -0.2) is 29.3 Å². The summed E-state index contributed by atoms with van der Waals surface area (Å²) in [7, 11) is 0. The molecule has 22 heavy (non-hydrogen) atoms. The fraction of sp³-hybridized carbons (Fsp3) is 0.286. The van der Waals surface area contributed by atoms with Gasteiger partial charge in [-0.05, 0) is 31.5 Å². The van der Waals surface area contributed by atoms with Crippen LogP contribution >= 0.6 is 23.2 Å². The van der Waals surface area contributed by atoms with Crippen molar-refractivity contribution in [2.24, 2.45) is 21.5 Å². The molecule has 4 N–H and O–H groups in total. The molecule has 0 unspecified atom stereocenters. The maximum Gasteiger partial charge on any atom is 0.226 e. The predicted octanol–water partition coefficient (Wildman–Crippen LogP) is 2.62. The van der Waals surface area contributed by atoms with Crippen LogP contribution in [0.1, 0.15) is 19.4 Å². The molecular weight excluding hydrogens is 325 g/mol. The first-order valence-corrected chi connectivity index (χ1v) is 7.29. The zero-order valence-electron chi connectivity index (χ0n) is 12.3. The van der Waals surface area contributed by atoms with Crippen molar-refractivity contribution in [3.63, 3.8) is 0 Å². The van der Waals surface area contributed by atoms with Gasteiger partial charge in [0.1, 0.15) is 0 Å². The number of nitrogens with two attached hydrogens (primary N) is 2. The SMILES string of the molecule is CC1(C)N=C(N)N=C(N)N1OCC=Cc1ccc(Cl)c(Cl)c1. The number of rotatable bonds is 4. The van der Waals surface area contributed by atoms with Gasteiger partial charge in [0.05, 0.1) is 16.7 Å². The standard InChI is InChI=1S/C14H17Cl2N5O/c1-14(2)20-12(17)19-13(18)21(14)22-7-3-4-9-5-6-10(15)11(16)8-9/h3-6,8H,7H2,1-2H3,(H4,17,18,19,20). The molecule has 1 heterocycles. The third-order valence-electron chi connectivity index (χ3n) is 2.88. The van der Waals surface area contributed by atoms with E-state index in [0.717, 1.165) is 5.56 Å². The summed E-state index contributed by atoms with van der Waals surface area (Å²) in [6.07, 6.45) is 3.69. The molecule has 0 spiro atoms. The average Bonchev–Trinajstić information content (AvgIpc) is 2.40. The molecule has 1 aromatic rings. The smallest absolute Gasteiger partial charge is 0.226 e. The largest absolute Gasteiger partial charge is 0.368 e. The van der Waals surface area contributed by atoms with Crippen molar-refractivity contribution in [3.05, 3.63) is 39.9 Å². The van der Waals surface area contributed by atoms with Crippen molar-refractivity contribution < 1.29 is 4.84 Å². The minimum atomic E-state index is -0.715. The minimum Gasteiger partial charge on any atom is -0.368 e. The Bertz CT molecular complexity index is 655. The van der Waals surface area contributed by atoms with Crippen LogP contribution in [-0.2, 0) is 4.84 Å². The van der Waals surface area contributed by atoms with Crippen molar-refractivity contribution >= 4 is 41.2 Å². The summed E-state index contributed by atoms with van der Waals surface area (Å²) in [5.74, 6) is 0.300. The number of aliphatic imine (C=N–C) groups is 2. The molecule has 0 saturated heterocycles. The van der Waals surface area contributed by atoms with Gasteiger partial charge in [-0.25, -0.2) is 4.99 Å². The van der Waals surface area contributed by atoms with Crippen molar-refractivity contribution in [2.75, 3.05) is 6.61 Å². The highest BCUT2D eigenvalue weighted by Crippen LogP contribution is 2.23. The van der Waals surface area contributed by atoms with Gasteiger partial charge in [0, 0.05) is 0 Å². The lowest BCUT2D eigenvalue weighted by molar-refractivity contribution is -0.146. The van der Waals surface area contributed by atoms with Crippen molar-refractivity contribution in [3.8, 4) is 0 Å². The van der Waals surface area contributed by atoms with E-state index in [1.165, 1.54) is 5.06 Å². The third kappa shape index (κ3) is 3.91. The van der Waals surface area contributed by atoms with E-state index in [1.54, 1.807) is 12.1 Å². The van der Waals surface area contributed by atoms with E-state index >= 15 is 0 Å². The number of nitrogens with zero attached hydrogens (tertiary/aromatic N) is 3. The molecule has 1 aliphatic rings. The Morgan fingerprint density at radius 1 is 1.27 bits per heavy atom. The highest BCUT2D eigenvalue weighted by atomic mass is 35.5. The molecule has 1 aromatic carbocycles. The van der Waals surface area contributed by atoms with Crippen LogP contribution in [0.15, 0.2) is 34.3 Å². The Kier molecular flexibility index (Phi) is 4.95. The first kappa shape index (κ1) is 16.6. The van der Waals surface area contributed by atoms with Crippen LogP contribution in [0, 0.1) is 0 Å². The van der Waals surface area contributed by atoms with Crippen LogP contribution in [0.5, 0.6) is 0 Å². The first-order chi connectivity index (χ1) is 10.3. The van der Waals surface area contributed by atoms with E-state index in [9.17, 15) is 0 Å². The molecule has 0 saturated carbocycles. The maximum atomic E-state index is 5.95. The molecule has 0 fully saturated rings. The molecule has 2 rings (SSSR count). The van der Waals surface area contributed by atoms with Gasteiger partial charge in [-0.3, -0.25) is 4.84 Å². The van der Waals surface area contributed by atoms with Gasteiger partial charge < -0.3 is 11.5 Å². The summed E-state index contributed by atoms with van der Waals surface area (Å²) in [5.41, 5.74) is 11.6. The molecule has 0 bridgehead atoms. The van der Waals surface area contributed by atoms with Crippen LogP contribution < -0.4 is 11.5 Å². The van der Waals surface area contributed by atoms with Gasteiger partial charge in [0.25, 0.3) is 0 Å². The fourth-order valence-corrected chi connectivity index (χ4v) is 2.24. The summed E-state index contributed by atoms with van der Waals surface area (Å²) in [5, 5.41) is 2.44. The number of hydrogen-bond acceptors (Lipinski definition) is 6. The lowest BCUT2D eigenvalue weighted by Gasteiger charge is -2.36. The Labute approximate surface area is 139 Å². The summed E-state index contributed by atoms with van der Waals surface area (Å²) in [6, 6.07) is 5.36. The Balaban J connectivity index is 1.97. The number of benzene rings is 1. The second-order valence-electron chi connectivity index (χ2n) is 5.10. The van der Waals surface area contributed by atoms with Gasteiger partial charge in [-0.15, -0.1) is 0 Å². The van der Waals surface area contributed by atoms with E-state index in [-0.39, 0.29) is 18.5 Å². The van der Waals surface area contributed by atoms with Crippen LogP contribution in [0.25, 0.3) is 6.08 Å². The zero-order valence-corrected chi connectivity index (χ0v) is 13.8. The van der Waals surface area contributed by atoms with Crippen molar-refractivity contribution in [1.82, 2.24) is 5.06 Å². The molecule has 0 amide bonds. The van der Waals surface area contributed by atoms with Gasteiger partial charge in [0.15, 0.2) is 5.66 Å². The molecule has 0 aliphatic carbocycles. The fourth-order valence-electron chi connectivity index (χ4n) is 1.94. The van der Waals surface area contributed by atoms with Gasteiger partial charge in [-0.1, -0.05) is 41.4 Å². The zero-order chi connectivity index (χ0) is 16.3. The number of halogens is 2. The topological polar surface area (TPSA) is 89.2 Å². The minimum absolute atomic E-state index is 0.133. The Hall–Kier alpha value is -1.76. The Morgan fingerprint density at radius 3 is 2.64 bits per heavy atom. The summed E-state index contributed by atoms with van der Waals surface area (Å²) in [6.45, 7) is 3.93. The number of guanidine groups is 2. The van der Waals surface area contributed by atoms with Crippen molar-refractivity contribution in [1.29, 1.82) is 0 Å². The maximum absolute atomic E-state index is 5.95. The van der Waals surface area contributed by atoms with E-state index in [0.29, 0.717) is 10.0 Å². The molecular formula is C14H17Cl2N5O. The second-order valence-corrected chi connectivity index (χ2v) is 5.91. The van der Waals surface area contributed by atoms with Crippen LogP contribution in [0.3, 0.4) is 0 Å². The molecule has 1 aliphatic heterocycles. The van der Waals surface area contributed by atoms with E-state index in [4.69, 9.17) is 39.5 Å². The van der Waals surface area contributed by atoms with E-state index in [1.807, 2.05) is 32.1 Å². The molecule has 8 heteroatoms. The highest BCUT2D eigenvalue weighted by molar-refractivity contribution is 6.42. The monoisotopic (exact) mass is 341 g/mol. The lowest BCUT2D eigenvalue weighted by Crippen LogP contribution is -2.53. The third-order valence-corrected chi connectivity index (χ3v) is 3.62. The van der Waals surface area contributed by atoms with Crippen LogP contribution in [0.4, 0.5) is 0 Å². The number of hydrogen-bond donors (Lipinski definition) is 2. The first-order valence-electron chi connectivity index (χ1n) is 6.54.